The van der Waals surface area contributed by atoms with Crippen molar-refractivity contribution < 1.29 is 9.26 Å². The zero-order chi connectivity index (χ0) is 27.4. The van der Waals surface area contributed by atoms with Gasteiger partial charge in [-0.3, -0.25) is 5.41 Å². The van der Waals surface area contributed by atoms with Crippen LogP contribution in [-0.4, -0.2) is 20.8 Å². The summed E-state index contributed by atoms with van der Waals surface area (Å²) in [7, 11) is 0. The highest BCUT2D eigenvalue weighted by Crippen LogP contribution is 2.29. The van der Waals surface area contributed by atoms with Crippen molar-refractivity contribution in [2.24, 2.45) is 0 Å². The maximum atomic E-state index is 8.85. The largest absolute Gasteiger partial charge is 0.457 e. The molecule has 196 valence electrons. The number of hydrogen-bond acceptors (Lipinski definition) is 9. The van der Waals surface area contributed by atoms with E-state index in [0.29, 0.717) is 28.5 Å². The van der Waals surface area contributed by atoms with Gasteiger partial charge in [0.15, 0.2) is 5.82 Å². The van der Waals surface area contributed by atoms with Gasteiger partial charge in [0.1, 0.15) is 35.2 Å². The highest BCUT2D eigenvalue weighted by atomic mass is 16.5. The van der Waals surface area contributed by atoms with Crippen LogP contribution in [0, 0.1) is 5.41 Å². The molecule has 0 aliphatic rings. The number of ether oxygens (including phenoxy) is 1. The van der Waals surface area contributed by atoms with Gasteiger partial charge in [0.2, 0.25) is 0 Å². The first-order valence-corrected chi connectivity index (χ1v) is 12.4. The van der Waals surface area contributed by atoms with Crippen LogP contribution < -0.4 is 21.1 Å². The van der Waals surface area contributed by atoms with E-state index in [-0.39, 0.29) is 16.9 Å². The minimum Gasteiger partial charge on any atom is -0.457 e. The summed E-state index contributed by atoms with van der Waals surface area (Å²) in [6, 6.07) is 26.3. The lowest BCUT2D eigenvalue weighted by molar-refractivity contribution is 0.331. The Labute approximate surface area is 226 Å². The standard InChI is InChI=1S/C30H29N7O2/c1-30(2,3)24-17-25(37-39-24)35-20-11-13-21(14-12-20)36-29-26(28(32)33-18-34-29)27(31)19-9-15-23(16-10-19)38-22-7-5-4-6-8-22/h4-18,31H,1-3H3,(H,35,37)(H3,32,33,34,36). The Morgan fingerprint density at radius 2 is 1.49 bits per heavy atom. The Morgan fingerprint density at radius 3 is 2.13 bits per heavy atom. The van der Waals surface area contributed by atoms with Crippen LogP contribution in [0.5, 0.6) is 11.5 Å². The zero-order valence-corrected chi connectivity index (χ0v) is 21.9. The molecule has 0 saturated heterocycles. The number of nitrogen functional groups attached to an aromatic ring is 1. The molecular formula is C30H29N7O2. The molecule has 0 unspecified atom stereocenters. The topological polar surface area (TPSA) is 135 Å². The molecule has 2 aromatic heterocycles. The lowest BCUT2D eigenvalue weighted by Crippen LogP contribution is -2.12. The number of hydrogen-bond donors (Lipinski definition) is 4. The number of anilines is 5. The second-order valence-corrected chi connectivity index (χ2v) is 9.95. The van der Waals surface area contributed by atoms with Gasteiger partial charge < -0.3 is 25.6 Å². The van der Waals surface area contributed by atoms with Crippen molar-refractivity contribution in [1.82, 2.24) is 15.1 Å². The molecular weight excluding hydrogens is 490 g/mol. The van der Waals surface area contributed by atoms with E-state index in [9.17, 15) is 0 Å². The summed E-state index contributed by atoms with van der Waals surface area (Å²) in [4.78, 5) is 8.48. The van der Waals surface area contributed by atoms with E-state index >= 15 is 0 Å². The number of para-hydroxylation sites is 1. The van der Waals surface area contributed by atoms with Crippen molar-refractivity contribution in [3.05, 3.63) is 108 Å². The first-order chi connectivity index (χ1) is 18.8. The highest BCUT2D eigenvalue weighted by Gasteiger charge is 2.20. The van der Waals surface area contributed by atoms with Gasteiger partial charge in [-0.05, 0) is 60.7 Å². The van der Waals surface area contributed by atoms with Crippen molar-refractivity contribution in [1.29, 1.82) is 5.41 Å². The minimum atomic E-state index is -0.122. The first-order valence-electron chi connectivity index (χ1n) is 12.4. The van der Waals surface area contributed by atoms with Crippen molar-refractivity contribution in [3.8, 4) is 11.5 Å². The van der Waals surface area contributed by atoms with Crippen LogP contribution in [-0.2, 0) is 5.41 Å². The van der Waals surface area contributed by atoms with Gasteiger partial charge in [-0.15, -0.1) is 0 Å². The van der Waals surface area contributed by atoms with Gasteiger partial charge >= 0.3 is 0 Å². The number of nitrogens with one attached hydrogen (secondary N) is 3. The third-order valence-corrected chi connectivity index (χ3v) is 5.92. The fourth-order valence-electron chi connectivity index (χ4n) is 3.81. The summed E-state index contributed by atoms with van der Waals surface area (Å²) in [5.41, 5.74) is 8.97. The van der Waals surface area contributed by atoms with Crippen LogP contribution >= 0.6 is 0 Å². The molecule has 0 spiro atoms. The molecule has 0 aliphatic carbocycles. The van der Waals surface area contributed by atoms with Crippen molar-refractivity contribution >= 4 is 34.5 Å². The van der Waals surface area contributed by atoms with E-state index in [1.807, 2.05) is 84.9 Å². The van der Waals surface area contributed by atoms with E-state index in [4.69, 9.17) is 20.4 Å². The molecule has 0 amide bonds. The van der Waals surface area contributed by atoms with E-state index in [1.165, 1.54) is 6.33 Å². The Balaban J connectivity index is 1.30. The van der Waals surface area contributed by atoms with Crippen LogP contribution in [0.3, 0.4) is 0 Å². The lowest BCUT2D eigenvalue weighted by Gasteiger charge is -2.14. The summed E-state index contributed by atoms with van der Waals surface area (Å²) in [5, 5.41) is 19.5. The molecule has 0 fully saturated rings. The van der Waals surface area contributed by atoms with Crippen LogP contribution in [0.15, 0.2) is 95.8 Å². The Hall–Kier alpha value is -5.18. The predicted molar refractivity (Wildman–Crippen MR) is 154 cm³/mol. The van der Waals surface area contributed by atoms with Crippen molar-refractivity contribution in [2.45, 2.75) is 26.2 Å². The van der Waals surface area contributed by atoms with Gasteiger partial charge in [-0.25, -0.2) is 9.97 Å². The van der Waals surface area contributed by atoms with Gasteiger partial charge in [-0.2, -0.15) is 0 Å². The van der Waals surface area contributed by atoms with Gasteiger partial charge in [0, 0.05) is 28.4 Å². The molecule has 0 bridgehead atoms. The molecule has 9 heteroatoms. The molecule has 2 heterocycles. The van der Waals surface area contributed by atoms with E-state index in [2.05, 4.69) is 46.5 Å². The molecule has 5 N–H and O–H groups in total. The van der Waals surface area contributed by atoms with E-state index in [0.717, 1.165) is 22.9 Å². The molecule has 9 nitrogen and oxygen atoms in total. The SMILES string of the molecule is CC(C)(C)c1cc(Nc2ccc(Nc3ncnc(N)c3C(=N)c3ccc(Oc4ccccc4)cc3)cc2)no1. The summed E-state index contributed by atoms with van der Waals surface area (Å²) >= 11 is 0. The van der Waals surface area contributed by atoms with Crippen LogP contribution in [0.25, 0.3) is 0 Å². The number of benzene rings is 3. The Bertz CT molecular complexity index is 1570. The van der Waals surface area contributed by atoms with E-state index < -0.39 is 0 Å². The zero-order valence-electron chi connectivity index (χ0n) is 21.9. The number of rotatable bonds is 8. The number of nitrogens with zero attached hydrogens (tertiary/aromatic N) is 3. The Morgan fingerprint density at radius 1 is 0.846 bits per heavy atom. The monoisotopic (exact) mass is 519 g/mol. The maximum Gasteiger partial charge on any atom is 0.174 e. The third kappa shape index (κ3) is 6.04. The average Bonchev–Trinajstić information content (AvgIpc) is 3.40. The number of nitrogens with two attached hydrogens (primary N) is 1. The second-order valence-electron chi connectivity index (χ2n) is 9.95. The minimum absolute atomic E-state index is 0.122. The fourth-order valence-corrected chi connectivity index (χ4v) is 3.81. The lowest BCUT2D eigenvalue weighted by atomic mass is 9.93. The molecule has 0 radical (unpaired) electrons. The summed E-state index contributed by atoms with van der Waals surface area (Å²) < 4.78 is 11.3. The van der Waals surface area contributed by atoms with Crippen molar-refractivity contribution in [3.63, 3.8) is 0 Å². The quantitative estimate of drug-likeness (QED) is 0.160. The van der Waals surface area contributed by atoms with Gasteiger partial charge in [0.05, 0.1) is 11.3 Å². The second kappa shape index (κ2) is 10.7. The molecule has 39 heavy (non-hydrogen) atoms. The third-order valence-electron chi connectivity index (χ3n) is 5.92. The maximum absolute atomic E-state index is 8.85. The smallest absolute Gasteiger partial charge is 0.174 e. The Kier molecular flexibility index (Phi) is 6.96. The summed E-state index contributed by atoms with van der Waals surface area (Å²) in [6.07, 6.45) is 1.37. The van der Waals surface area contributed by atoms with Crippen LogP contribution in [0.2, 0.25) is 0 Å². The molecule has 3 aromatic carbocycles. The fraction of sp³-hybridized carbons (Fsp3) is 0.133. The summed E-state index contributed by atoms with van der Waals surface area (Å²) in [5.74, 6) is 3.50. The summed E-state index contributed by atoms with van der Waals surface area (Å²) in [6.45, 7) is 6.21. The molecule has 5 rings (SSSR count). The molecule has 0 aliphatic heterocycles. The number of aromatic nitrogens is 3. The predicted octanol–water partition coefficient (Wildman–Crippen LogP) is 7.04. The van der Waals surface area contributed by atoms with Gasteiger partial charge in [-0.1, -0.05) is 44.1 Å². The average molecular weight is 520 g/mol. The molecule has 0 atom stereocenters. The molecule has 5 aromatic rings. The van der Waals surface area contributed by atoms with Crippen molar-refractivity contribution in [2.75, 3.05) is 16.4 Å². The van der Waals surface area contributed by atoms with Gasteiger partial charge in [0.25, 0.3) is 0 Å². The molecule has 0 saturated carbocycles. The van der Waals surface area contributed by atoms with E-state index in [1.54, 1.807) is 0 Å². The normalized spacial score (nSPS) is 11.2. The van der Waals surface area contributed by atoms with Crippen LogP contribution in [0.1, 0.15) is 37.7 Å². The first kappa shape index (κ1) is 25.5. The van der Waals surface area contributed by atoms with Crippen LogP contribution in [0.4, 0.5) is 28.8 Å². The highest BCUT2D eigenvalue weighted by molar-refractivity contribution is 6.16.